The van der Waals surface area contributed by atoms with E-state index in [0.717, 1.165) is 6.42 Å². The van der Waals surface area contributed by atoms with E-state index in [2.05, 4.69) is 10.4 Å². The summed E-state index contributed by atoms with van der Waals surface area (Å²) >= 11 is 0. The first-order valence-corrected chi connectivity index (χ1v) is 5.26. The zero-order valence-corrected chi connectivity index (χ0v) is 9.60. The Labute approximate surface area is 94.4 Å². The van der Waals surface area contributed by atoms with Crippen molar-refractivity contribution in [3.8, 4) is 0 Å². The topological polar surface area (TPSA) is 93.2 Å². The molecule has 0 radical (unpaired) electrons. The molecule has 1 atom stereocenters. The highest BCUT2D eigenvalue weighted by Crippen LogP contribution is 2.07. The van der Waals surface area contributed by atoms with Gasteiger partial charge in [0, 0.05) is 19.8 Å². The fourth-order valence-electron chi connectivity index (χ4n) is 1.37. The molecule has 0 aliphatic carbocycles. The molecule has 0 bridgehead atoms. The fourth-order valence-corrected chi connectivity index (χ4v) is 1.37. The van der Waals surface area contributed by atoms with Gasteiger partial charge in [0.05, 0.1) is 11.8 Å². The van der Waals surface area contributed by atoms with Crippen LogP contribution in [0.1, 0.15) is 30.3 Å². The molecule has 0 aliphatic rings. The zero-order valence-electron chi connectivity index (χ0n) is 9.60. The number of carbonyl (C=O) groups is 1. The highest BCUT2D eigenvalue weighted by Gasteiger charge is 2.12. The van der Waals surface area contributed by atoms with E-state index in [-0.39, 0.29) is 17.7 Å². The number of carbonyl (C=O) groups excluding carboxylic acids is 1. The van der Waals surface area contributed by atoms with Crippen molar-refractivity contribution in [1.82, 2.24) is 15.1 Å². The van der Waals surface area contributed by atoms with E-state index in [1.165, 1.54) is 4.68 Å². The third kappa shape index (κ3) is 3.54. The number of amides is 1. The number of aliphatic hydroxyl groups excluding tert-OH is 1. The standard InChI is InChI=1S/C10H18N4O2/c1-7(15)4-3-5-12-10(16)9-8(11)6-14(2)13-9/h6-7,15H,3-5,11H2,1-2H3,(H,12,16). The number of hydrogen-bond donors (Lipinski definition) is 3. The molecule has 0 aliphatic heterocycles. The Balaban J connectivity index is 2.38. The Hall–Kier alpha value is -1.56. The molecule has 0 saturated heterocycles. The lowest BCUT2D eigenvalue weighted by atomic mass is 10.2. The van der Waals surface area contributed by atoms with Gasteiger partial charge < -0.3 is 16.2 Å². The fraction of sp³-hybridized carbons (Fsp3) is 0.600. The summed E-state index contributed by atoms with van der Waals surface area (Å²) in [5.74, 6) is -0.274. The molecule has 1 heterocycles. The van der Waals surface area contributed by atoms with Crippen molar-refractivity contribution in [2.75, 3.05) is 12.3 Å². The normalized spacial score (nSPS) is 12.4. The molecule has 0 spiro atoms. The summed E-state index contributed by atoms with van der Waals surface area (Å²) in [6.07, 6.45) is 2.65. The maximum atomic E-state index is 11.6. The highest BCUT2D eigenvalue weighted by atomic mass is 16.3. The summed E-state index contributed by atoms with van der Waals surface area (Å²) in [5.41, 5.74) is 6.23. The van der Waals surface area contributed by atoms with Gasteiger partial charge >= 0.3 is 0 Å². The molecule has 16 heavy (non-hydrogen) atoms. The minimum Gasteiger partial charge on any atom is -0.396 e. The maximum absolute atomic E-state index is 11.6. The van der Waals surface area contributed by atoms with Gasteiger partial charge in [0.1, 0.15) is 0 Å². The van der Waals surface area contributed by atoms with Crippen LogP contribution in [0.2, 0.25) is 0 Å². The second-order valence-electron chi connectivity index (χ2n) is 3.85. The third-order valence-corrected chi connectivity index (χ3v) is 2.16. The number of rotatable bonds is 5. The Morgan fingerprint density at radius 2 is 2.44 bits per heavy atom. The van der Waals surface area contributed by atoms with Crippen molar-refractivity contribution < 1.29 is 9.90 Å². The van der Waals surface area contributed by atoms with Gasteiger partial charge in [-0.15, -0.1) is 0 Å². The number of nitrogen functional groups attached to an aromatic ring is 1. The van der Waals surface area contributed by atoms with Crippen molar-refractivity contribution in [2.45, 2.75) is 25.9 Å². The van der Waals surface area contributed by atoms with Gasteiger partial charge in [-0.3, -0.25) is 9.48 Å². The van der Waals surface area contributed by atoms with Crippen molar-refractivity contribution in [3.63, 3.8) is 0 Å². The molecule has 0 fully saturated rings. The molecule has 1 aromatic heterocycles. The van der Waals surface area contributed by atoms with E-state index in [1.807, 2.05) is 0 Å². The van der Waals surface area contributed by atoms with E-state index in [9.17, 15) is 4.79 Å². The predicted octanol–water partition coefficient (Wildman–Crippen LogP) is -0.107. The second kappa shape index (κ2) is 5.50. The van der Waals surface area contributed by atoms with Crippen LogP contribution >= 0.6 is 0 Å². The lowest BCUT2D eigenvalue weighted by molar-refractivity contribution is 0.0945. The average Bonchev–Trinajstić information content (AvgIpc) is 2.52. The first kappa shape index (κ1) is 12.5. The van der Waals surface area contributed by atoms with Crippen LogP contribution in [-0.2, 0) is 7.05 Å². The van der Waals surface area contributed by atoms with Crippen LogP contribution in [0, 0.1) is 0 Å². The van der Waals surface area contributed by atoms with E-state index < -0.39 is 0 Å². The van der Waals surface area contributed by atoms with Gasteiger partial charge in [-0.1, -0.05) is 0 Å². The minimum absolute atomic E-state index is 0.250. The lowest BCUT2D eigenvalue weighted by Gasteiger charge is -2.05. The molecule has 6 nitrogen and oxygen atoms in total. The Kier molecular flexibility index (Phi) is 4.30. The molecule has 1 aromatic rings. The molecule has 0 saturated carbocycles. The minimum atomic E-state index is -0.336. The molecule has 90 valence electrons. The monoisotopic (exact) mass is 226 g/mol. The van der Waals surface area contributed by atoms with E-state index >= 15 is 0 Å². The molecule has 0 aromatic carbocycles. The van der Waals surface area contributed by atoms with Gasteiger partial charge in [-0.25, -0.2) is 0 Å². The van der Waals surface area contributed by atoms with Crippen LogP contribution in [0.25, 0.3) is 0 Å². The quantitative estimate of drug-likeness (QED) is 0.611. The summed E-state index contributed by atoms with van der Waals surface area (Å²) in [5, 5.41) is 15.7. The van der Waals surface area contributed by atoms with Crippen LogP contribution < -0.4 is 11.1 Å². The zero-order chi connectivity index (χ0) is 12.1. The summed E-state index contributed by atoms with van der Waals surface area (Å²) in [6.45, 7) is 2.23. The number of aliphatic hydroxyl groups is 1. The van der Waals surface area contributed by atoms with E-state index in [4.69, 9.17) is 10.8 Å². The molecular weight excluding hydrogens is 208 g/mol. The van der Waals surface area contributed by atoms with Gasteiger partial charge in [-0.05, 0) is 19.8 Å². The van der Waals surface area contributed by atoms with E-state index in [0.29, 0.717) is 18.7 Å². The summed E-state index contributed by atoms with van der Waals surface area (Å²) in [6, 6.07) is 0. The Morgan fingerprint density at radius 1 is 1.75 bits per heavy atom. The maximum Gasteiger partial charge on any atom is 0.273 e. The first-order valence-electron chi connectivity index (χ1n) is 5.26. The van der Waals surface area contributed by atoms with Crippen LogP contribution in [-0.4, -0.2) is 33.4 Å². The summed E-state index contributed by atoms with van der Waals surface area (Å²) < 4.78 is 1.50. The number of nitrogens with two attached hydrogens (primary N) is 1. The van der Waals surface area contributed by atoms with Gasteiger partial charge in [-0.2, -0.15) is 5.10 Å². The van der Waals surface area contributed by atoms with Gasteiger partial charge in [0.15, 0.2) is 5.69 Å². The SMILES string of the molecule is CC(O)CCCNC(=O)c1nn(C)cc1N. The summed E-state index contributed by atoms with van der Waals surface area (Å²) in [4.78, 5) is 11.6. The predicted molar refractivity (Wildman–Crippen MR) is 60.9 cm³/mol. The number of nitrogens with zero attached hydrogens (tertiary/aromatic N) is 2. The first-order chi connectivity index (χ1) is 7.50. The molecular formula is C10H18N4O2. The number of anilines is 1. The van der Waals surface area contributed by atoms with E-state index in [1.54, 1.807) is 20.2 Å². The van der Waals surface area contributed by atoms with Gasteiger partial charge in [0.25, 0.3) is 5.91 Å². The van der Waals surface area contributed by atoms with Crippen molar-refractivity contribution >= 4 is 11.6 Å². The van der Waals surface area contributed by atoms with Gasteiger partial charge in [0.2, 0.25) is 0 Å². The smallest absolute Gasteiger partial charge is 0.273 e. The van der Waals surface area contributed by atoms with Crippen LogP contribution in [0.15, 0.2) is 6.20 Å². The number of aryl methyl sites for hydroxylation is 1. The van der Waals surface area contributed by atoms with Crippen molar-refractivity contribution in [2.24, 2.45) is 7.05 Å². The molecule has 1 unspecified atom stereocenters. The average molecular weight is 226 g/mol. The highest BCUT2D eigenvalue weighted by molar-refractivity contribution is 5.96. The second-order valence-corrected chi connectivity index (χ2v) is 3.85. The molecule has 4 N–H and O–H groups in total. The Bertz CT molecular complexity index is 360. The van der Waals surface area contributed by atoms with Crippen molar-refractivity contribution in [1.29, 1.82) is 0 Å². The van der Waals surface area contributed by atoms with Crippen molar-refractivity contribution in [3.05, 3.63) is 11.9 Å². The van der Waals surface area contributed by atoms with Crippen LogP contribution in [0.5, 0.6) is 0 Å². The molecule has 1 amide bonds. The molecule has 1 rings (SSSR count). The lowest BCUT2D eigenvalue weighted by Crippen LogP contribution is -2.26. The molecule has 6 heteroatoms. The Morgan fingerprint density at radius 3 is 2.94 bits per heavy atom. The number of nitrogens with one attached hydrogen (secondary N) is 1. The third-order valence-electron chi connectivity index (χ3n) is 2.16. The van der Waals surface area contributed by atoms with Crippen LogP contribution in [0.3, 0.4) is 0 Å². The number of hydrogen-bond acceptors (Lipinski definition) is 4. The largest absolute Gasteiger partial charge is 0.396 e. The van der Waals surface area contributed by atoms with Crippen LogP contribution in [0.4, 0.5) is 5.69 Å². The summed E-state index contributed by atoms with van der Waals surface area (Å²) in [7, 11) is 1.71. The number of aromatic nitrogens is 2.